The number of thiocarbonyl (C=S) groups is 1. The molecule has 1 saturated heterocycles. The fourth-order valence-corrected chi connectivity index (χ4v) is 2.28. The van der Waals surface area contributed by atoms with E-state index in [1.54, 1.807) is 19.5 Å². The van der Waals surface area contributed by atoms with Crippen LogP contribution >= 0.6 is 12.2 Å². The molecule has 18 heavy (non-hydrogen) atoms. The van der Waals surface area contributed by atoms with Crippen LogP contribution in [0, 0.1) is 5.92 Å². The quantitative estimate of drug-likeness (QED) is 0.819. The van der Waals surface area contributed by atoms with E-state index in [0.717, 1.165) is 38.4 Å². The average molecular weight is 266 g/mol. The largest absolute Gasteiger partial charge is 0.388 e. The maximum atomic E-state index is 5.50. The molecule has 2 rings (SSSR count). The highest BCUT2D eigenvalue weighted by Gasteiger charge is 2.20. The Balaban J connectivity index is 1.95. The topological polar surface area (TPSA) is 64.3 Å². The number of methoxy groups -OCH3 is 1. The van der Waals surface area contributed by atoms with Gasteiger partial charge in [-0.1, -0.05) is 12.2 Å². The number of nitrogens with zero attached hydrogens (tertiary/aromatic N) is 3. The van der Waals surface area contributed by atoms with Crippen LogP contribution in [-0.4, -0.2) is 41.8 Å². The fourth-order valence-electron chi connectivity index (χ4n) is 2.18. The van der Waals surface area contributed by atoms with E-state index >= 15 is 0 Å². The summed E-state index contributed by atoms with van der Waals surface area (Å²) in [5.41, 5.74) is 6.07. The zero-order chi connectivity index (χ0) is 13.0. The fraction of sp³-hybridized carbons (Fsp3) is 0.583. The van der Waals surface area contributed by atoms with Gasteiger partial charge in [0, 0.05) is 26.8 Å². The highest BCUT2D eigenvalue weighted by Crippen LogP contribution is 2.21. The summed E-state index contributed by atoms with van der Waals surface area (Å²) in [5.74, 6) is 1.56. The molecular weight excluding hydrogens is 248 g/mol. The molecule has 0 spiro atoms. The van der Waals surface area contributed by atoms with E-state index in [4.69, 9.17) is 22.7 Å². The number of hydrogen-bond acceptors (Lipinski definition) is 5. The van der Waals surface area contributed by atoms with Crippen LogP contribution in [0.25, 0.3) is 0 Å². The molecule has 0 aromatic carbocycles. The second-order valence-electron chi connectivity index (χ2n) is 4.51. The second-order valence-corrected chi connectivity index (χ2v) is 4.95. The molecule has 5 nitrogen and oxygen atoms in total. The van der Waals surface area contributed by atoms with E-state index in [-0.39, 0.29) is 4.99 Å². The molecule has 1 aliphatic rings. The van der Waals surface area contributed by atoms with Crippen molar-refractivity contribution in [3.05, 3.63) is 18.1 Å². The maximum absolute atomic E-state index is 5.50. The Morgan fingerprint density at radius 2 is 2.17 bits per heavy atom. The molecule has 1 fully saturated rings. The van der Waals surface area contributed by atoms with Crippen molar-refractivity contribution in [1.29, 1.82) is 0 Å². The lowest BCUT2D eigenvalue weighted by Crippen LogP contribution is -2.35. The van der Waals surface area contributed by atoms with Gasteiger partial charge in [-0.05, 0) is 18.8 Å². The SMILES string of the molecule is COCC1CCN(c2cnc(C(N)=S)cn2)CC1. The molecule has 1 aromatic rings. The monoisotopic (exact) mass is 266 g/mol. The van der Waals surface area contributed by atoms with Crippen molar-refractivity contribution < 1.29 is 4.74 Å². The minimum atomic E-state index is 0.285. The van der Waals surface area contributed by atoms with Crippen molar-refractivity contribution in [2.24, 2.45) is 11.7 Å². The van der Waals surface area contributed by atoms with E-state index in [9.17, 15) is 0 Å². The maximum Gasteiger partial charge on any atom is 0.147 e. The molecule has 1 aliphatic heterocycles. The van der Waals surface area contributed by atoms with E-state index in [1.165, 1.54) is 0 Å². The summed E-state index contributed by atoms with van der Waals surface area (Å²) in [6.07, 6.45) is 5.64. The summed E-state index contributed by atoms with van der Waals surface area (Å²) < 4.78 is 5.19. The van der Waals surface area contributed by atoms with Crippen LogP contribution in [-0.2, 0) is 4.74 Å². The highest BCUT2D eigenvalue weighted by atomic mass is 32.1. The molecule has 0 atom stereocenters. The number of rotatable bonds is 4. The standard InChI is InChI=1S/C12H18N4OS/c1-17-8-9-2-4-16(5-3-9)11-7-14-10(6-15-11)12(13)18/h6-7,9H,2-5,8H2,1H3,(H2,13,18). The first-order valence-corrected chi connectivity index (χ1v) is 6.47. The van der Waals surface area contributed by atoms with Crippen molar-refractivity contribution in [2.75, 3.05) is 31.7 Å². The summed E-state index contributed by atoms with van der Waals surface area (Å²) in [4.78, 5) is 11.1. The zero-order valence-corrected chi connectivity index (χ0v) is 11.3. The van der Waals surface area contributed by atoms with Crippen LogP contribution < -0.4 is 10.6 Å². The molecule has 0 aliphatic carbocycles. The van der Waals surface area contributed by atoms with Gasteiger partial charge in [-0.3, -0.25) is 0 Å². The van der Waals surface area contributed by atoms with Crippen LogP contribution in [0.15, 0.2) is 12.4 Å². The summed E-state index contributed by atoms with van der Waals surface area (Å²) in [6.45, 7) is 2.84. The van der Waals surface area contributed by atoms with Gasteiger partial charge in [0.15, 0.2) is 0 Å². The number of aromatic nitrogens is 2. The lowest BCUT2D eigenvalue weighted by Gasteiger charge is -2.32. The van der Waals surface area contributed by atoms with Crippen LogP contribution in [0.3, 0.4) is 0 Å². The first-order chi connectivity index (χ1) is 8.70. The third kappa shape index (κ3) is 3.14. The Morgan fingerprint density at radius 1 is 1.44 bits per heavy atom. The van der Waals surface area contributed by atoms with E-state index < -0.39 is 0 Å². The summed E-state index contributed by atoms with van der Waals surface area (Å²) in [5, 5.41) is 0. The van der Waals surface area contributed by atoms with Gasteiger partial charge in [0.1, 0.15) is 16.5 Å². The molecule has 2 heterocycles. The zero-order valence-electron chi connectivity index (χ0n) is 10.5. The normalized spacial score (nSPS) is 16.8. The highest BCUT2D eigenvalue weighted by molar-refractivity contribution is 7.80. The van der Waals surface area contributed by atoms with Crippen molar-refractivity contribution in [1.82, 2.24) is 9.97 Å². The van der Waals surface area contributed by atoms with Gasteiger partial charge in [0.25, 0.3) is 0 Å². The Hall–Kier alpha value is -1.27. The molecule has 2 N–H and O–H groups in total. The third-order valence-corrected chi connectivity index (χ3v) is 3.44. The molecule has 0 amide bonds. The van der Waals surface area contributed by atoms with Gasteiger partial charge in [-0.25, -0.2) is 9.97 Å². The van der Waals surface area contributed by atoms with Crippen LogP contribution in [0.1, 0.15) is 18.5 Å². The number of hydrogen-bond donors (Lipinski definition) is 1. The van der Waals surface area contributed by atoms with Crippen molar-refractivity contribution in [3.63, 3.8) is 0 Å². The molecule has 0 radical (unpaired) electrons. The van der Waals surface area contributed by atoms with Crippen molar-refractivity contribution in [3.8, 4) is 0 Å². The van der Waals surface area contributed by atoms with Gasteiger partial charge in [0.2, 0.25) is 0 Å². The number of ether oxygens (including phenoxy) is 1. The molecule has 6 heteroatoms. The average Bonchev–Trinajstić information content (AvgIpc) is 2.40. The number of piperidine rings is 1. The Labute approximate surface area is 112 Å². The van der Waals surface area contributed by atoms with Crippen LogP contribution in [0.2, 0.25) is 0 Å². The Morgan fingerprint density at radius 3 is 2.67 bits per heavy atom. The molecule has 98 valence electrons. The minimum absolute atomic E-state index is 0.285. The van der Waals surface area contributed by atoms with Gasteiger partial charge in [-0.15, -0.1) is 0 Å². The molecular formula is C12H18N4OS. The molecule has 0 saturated carbocycles. The number of anilines is 1. The molecule has 1 aromatic heterocycles. The Bertz CT molecular complexity index is 401. The lowest BCUT2D eigenvalue weighted by atomic mass is 9.98. The third-order valence-electron chi connectivity index (χ3n) is 3.23. The van der Waals surface area contributed by atoms with E-state index in [1.807, 2.05) is 0 Å². The van der Waals surface area contributed by atoms with Gasteiger partial charge >= 0.3 is 0 Å². The van der Waals surface area contributed by atoms with E-state index in [0.29, 0.717) is 11.6 Å². The van der Waals surface area contributed by atoms with Crippen molar-refractivity contribution in [2.45, 2.75) is 12.8 Å². The summed E-state index contributed by atoms with van der Waals surface area (Å²) in [6, 6.07) is 0. The van der Waals surface area contributed by atoms with Crippen LogP contribution in [0.5, 0.6) is 0 Å². The molecule has 0 bridgehead atoms. The smallest absolute Gasteiger partial charge is 0.147 e. The predicted octanol–water partition coefficient (Wildman–Crippen LogP) is 0.974. The van der Waals surface area contributed by atoms with Gasteiger partial charge < -0.3 is 15.4 Å². The first-order valence-electron chi connectivity index (χ1n) is 6.06. The first kappa shape index (κ1) is 13.2. The van der Waals surface area contributed by atoms with Crippen molar-refractivity contribution >= 4 is 23.0 Å². The minimum Gasteiger partial charge on any atom is -0.388 e. The van der Waals surface area contributed by atoms with E-state index in [2.05, 4.69) is 14.9 Å². The predicted molar refractivity (Wildman–Crippen MR) is 74.7 cm³/mol. The lowest BCUT2D eigenvalue weighted by molar-refractivity contribution is 0.139. The number of nitrogens with two attached hydrogens (primary N) is 1. The Kier molecular flexibility index (Phi) is 4.43. The van der Waals surface area contributed by atoms with Gasteiger partial charge in [-0.2, -0.15) is 0 Å². The summed E-state index contributed by atoms with van der Waals surface area (Å²) in [7, 11) is 1.76. The summed E-state index contributed by atoms with van der Waals surface area (Å²) >= 11 is 4.85. The molecule has 0 unspecified atom stereocenters. The van der Waals surface area contributed by atoms with Crippen LogP contribution in [0.4, 0.5) is 5.82 Å². The second kappa shape index (κ2) is 6.06. The van der Waals surface area contributed by atoms with Gasteiger partial charge in [0.05, 0.1) is 12.4 Å².